The number of fused-ring (bicyclic) bond motifs is 10. The normalized spacial score (nSPS) is 13.9. The Labute approximate surface area is 354 Å². The summed E-state index contributed by atoms with van der Waals surface area (Å²) in [5.41, 5.74) is 8.84. The zero-order valence-electron chi connectivity index (χ0n) is 33.0. The second kappa shape index (κ2) is 13.1. The van der Waals surface area contributed by atoms with E-state index in [0.29, 0.717) is 0 Å². The lowest BCUT2D eigenvalue weighted by atomic mass is 9.99. The third-order valence-corrected chi connectivity index (χ3v) is 17.7. The van der Waals surface area contributed by atoms with Crippen LogP contribution < -0.4 is 40.0 Å². The van der Waals surface area contributed by atoms with E-state index < -0.39 is 8.07 Å². The molecule has 0 unspecified atom stereocenters. The fourth-order valence-corrected chi connectivity index (χ4v) is 15.5. The monoisotopic (exact) mass is 796 g/mol. The van der Waals surface area contributed by atoms with Gasteiger partial charge in [0.15, 0.2) is 31.1 Å². The molecule has 0 aliphatic carbocycles. The first-order valence-corrected chi connectivity index (χ1v) is 22.8. The molecule has 0 fully saturated rings. The third kappa shape index (κ3) is 4.92. The summed E-state index contributed by atoms with van der Waals surface area (Å²) in [6.07, 6.45) is 0. The largest absolute Gasteiger partial charge is 0.453 e. The van der Waals surface area contributed by atoms with Crippen LogP contribution in [0.1, 0.15) is 0 Å². The van der Waals surface area contributed by atoms with Crippen molar-refractivity contribution in [3.8, 4) is 34.1 Å². The molecule has 10 aromatic carbocycles. The maximum atomic E-state index is 6.86. The molecule has 13 rings (SSSR count). The highest BCUT2D eigenvalue weighted by Crippen LogP contribution is 2.53. The highest BCUT2D eigenvalue weighted by Gasteiger charge is 2.49. The van der Waals surface area contributed by atoms with Crippen LogP contribution in [0.25, 0.3) is 32.7 Å². The lowest BCUT2D eigenvalue weighted by molar-refractivity contribution is 0.477. The topological polar surface area (TPSA) is 24.9 Å². The fourth-order valence-electron chi connectivity index (χ4n) is 10.3. The van der Waals surface area contributed by atoms with Crippen LogP contribution >= 0.6 is 0 Å². The molecule has 286 valence electrons. The number of para-hydroxylation sites is 6. The first-order chi connectivity index (χ1) is 30.2. The van der Waals surface area contributed by atoms with Crippen LogP contribution in [0.2, 0.25) is 0 Å². The van der Waals surface area contributed by atoms with E-state index in [0.717, 1.165) is 57.1 Å². The Balaban J connectivity index is 0.978. The van der Waals surface area contributed by atoms with E-state index in [1.54, 1.807) is 0 Å². The Bertz CT molecular complexity index is 3320. The van der Waals surface area contributed by atoms with Crippen LogP contribution in [0.5, 0.6) is 23.0 Å². The molecule has 0 saturated carbocycles. The summed E-state index contributed by atoms with van der Waals surface area (Å²) in [6.45, 7) is 0. The summed E-state index contributed by atoms with van der Waals surface area (Å²) in [5.74, 6) is 3.39. The highest BCUT2D eigenvalue weighted by molar-refractivity contribution is 7.22. The molecule has 4 nitrogen and oxygen atoms in total. The van der Waals surface area contributed by atoms with Crippen LogP contribution in [0, 0.1) is 0 Å². The number of ether oxygens (including phenoxy) is 2. The molecule has 0 bridgehead atoms. The zero-order valence-corrected chi connectivity index (χ0v) is 34.0. The molecule has 0 atom stereocenters. The summed E-state index contributed by atoms with van der Waals surface area (Å²) in [7, 11) is -2.73. The van der Waals surface area contributed by atoms with Crippen LogP contribution in [0.15, 0.2) is 218 Å². The van der Waals surface area contributed by atoms with Gasteiger partial charge in [0.05, 0.1) is 22.7 Å². The first-order valence-electron chi connectivity index (χ1n) is 20.8. The number of rotatable bonds is 4. The Kier molecular flexibility index (Phi) is 7.29. The molecule has 0 N–H and O–H groups in total. The van der Waals surface area contributed by atoms with Gasteiger partial charge >= 0.3 is 0 Å². The van der Waals surface area contributed by atoms with Crippen molar-refractivity contribution in [2.75, 3.05) is 9.80 Å². The van der Waals surface area contributed by atoms with Gasteiger partial charge in [-0.15, -0.1) is 0 Å². The van der Waals surface area contributed by atoms with Gasteiger partial charge in [0.2, 0.25) is 0 Å². The van der Waals surface area contributed by atoms with E-state index >= 15 is 0 Å². The number of hydrogen-bond acceptors (Lipinski definition) is 4. The molecule has 0 saturated heterocycles. The number of benzene rings is 10. The van der Waals surface area contributed by atoms with E-state index in [-0.39, 0.29) is 0 Å². The summed E-state index contributed by atoms with van der Waals surface area (Å²) >= 11 is 0. The maximum Gasteiger partial charge on any atom is 0.180 e. The number of anilines is 6. The van der Waals surface area contributed by atoms with Crippen LogP contribution in [0.4, 0.5) is 34.1 Å². The standard InChI is InChI=1S/C56H36N2O2Si/c1-3-15-41(16-4-1)61(42-17-5-2-6-18-42)55-26-14-7-19-45(55)46-35-54-50(36-56(46)61)58(49-22-10-13-25-53(49)60-54)40-30-32-44-38(34-40)28-27-37-33-39(29-31-43(37)44)57-47-20-8-11-23-51(47)59-52-24-12-9-21-48(52)57/h1-36H. The lowest BCUT2D eigenvalue weighted by Gasteiger charge is -2.36. The van der Waals surface area contributed by atoms with Crippen molar-refractivity contribution >= 4 is 84.5 Å². The predicted octanol–water partition coefficient (Wildman–Crippen LogP) is 12.5. The molecule has 3 heterocycles. The van der Waals surface area contributed by atoms with E-state index in [9.17, 15) is 0 Å². The molecule has 0 amide bonds. The van der Waals surface area contributed by atoms with Crippen LogP contribution in [0.3, 0.4) is 0 Å². The minimum atomic E-state index is -2.73. The average Bonchev–Trinajstić information content (AvgIpc) is 3.61. The van der Waals surface area contributed by atoms with Crippen molar-refractivity contribution in [2.24, 2.45) is 0 Å². The Morgan fingerprint density at radius 3 is 1.33 bits per heavy atom. The molecule has 3 aliphatic heterocycles. The SMILES string of the molecule is c1ccc([Si]2(c3ccccc3)c3ccccc3-c3cc4c(cc32)N(c2ccc3c(ccc5cc(N6c7ccccc7Oc7ccccc76)ccc53)c2)c2ccccc2O4)cc1. The molecule has 61 heavy (non-hydrogen) atoms. The Hall–Kier alpha value is -7.86. The Morgan fingerprint density at radius 2 is 0.770 bits per heavy atom. The molecule has 3 aliphatic rings. The van der Waals surface area contributed by atoms with Crippen molar-refractivity contribution in [1.29, 1.82) is 0 Å². The molecular formula is C56H36N2O2Si. The van der Waals surface area contributed by atoms with Crippen LogP contribution in [-0.4, -0.2) is 8.07 Å². The number of hydrogen-bond donors (Lipinski definition) is 0. The summed E-state index contributed by atoms with van der Waals surface area (Å²) in [5, 5.41) is 10.3. The molecule has 10 aromatic rings. The van der Waals surface area contributed by atoms with E-state index in [1.165, 1.54) is 53.4 Å². The van der Waals surface area contributed by atoms with Crippen molar-refractivity contribution in [3.63, 3.8) is 0 Å². The van der Waals surface area contributed by atoms with Gasteiger partial charge in [-0.3, -0.25) is 0 Å². The lowest BCUT2D eigenvalue weighted by Crippen LogP contribution is -2.72. The average molecular weight is 797 g/mol. The van der Waals surface area contributed by atoms with Gasteiger partial charge in [0.25, 0.3) is 0 Å². The van der Waals surface area contributed by atoms with Gasteiger partial charge < -0.3 is 19.3 Å². The first kappa shape index (κ1) is 34.0. The van der Waals surface area contributed by atoms with Gasteiger partial charge in [0, 0.05) is 11.4 Å². The van der Waals surface area contributed by atoms with E-state index in [1.807, 2.05) is 24.3 Å². The maximum absolute atomic E-state index is 6.86. The zero-order chi connectivity index (χ0) is 40.1. The Morgan fingerprint density at radius 1 is 0.311 bits per heavy atom. The highest BCUT2D eigenvalue weighted by atomic mass is 28.3. The van der Waals surface area contributed by atoms with Crippen molar-refractivity contribution < 1.29 is 9.47 Å². The quantitative estimate of drug-likeness (QED) is 0.131. The molecular weight excluding hydrogens is 761 g/mol. The summed E-state index contributed by atoms with van der Waals surface area (Å²) < 4.78 is 13.2. The second-order valence-electron chi connectivity index (χ2n) is 16.0. The molecule has 0 aromatic heterocycles. The van der Waals surface area contributed by atoms with Gasteiger partial charge in [-0.05, 0) is 126 Å². The van der Waals surface area contributed by atoms with Crippen molar-refractivity contribution in [2.45, 2.75) is 0 Å². The van der Waals surface area contributed by atoms with Crippen molar-refractivity contribution in [3.05, 3.63) is 218 Å². The fraction of sp³-hybridized carbons (Fsp3) is 0. The second-order valence-corrected chi connectivity index (χ2v) is 19.8. The van der Waals surface area contributed by atoms with Gasteiger partial charge in [0.1, 0.15) is 0 Å². The predicted molar refractivity (Wildman–Crippen MR) is 254 cm³/mol. The van der Waals surface area contributed by atoms with Gasteiger partial charge in [-0.25, -0.2) is 0 Å². The van der Waals surface area contributed by atoms with E-state index in [4.69, 9.17) is 9.47 Å². The third-order valence-electron chi connectivity index (χ3n) is 12.9. The molecule has 0 radical (unpaired) electrons. The molecule has 0 spiro atoms. The minimum Gasteiger partial charge on any atom is -0.453 e. The smallest absolute Gasteiger partial charge is 0.180 e. The minimum absolute atomic E-state index is 0.841. The van der Waals surface area contributed by atoms with Gasteiger partial charge in [-0.1, -0.05) is 146 Å². The number of nitrogens with zero attached hydrogens (tertiary/aromatic N) is 2. The molecule has 5 heteroatoms. The van der Waals surface area contributed by atoms with Crippen molar-refractivity contribution in [1.82, 2.24) is 0 Å². The summed E-state index contributed by atoms with van der Waals surface area (Å²) in [6, 6.07) is 79.3. The van der Waals surface area contributed by atoms with Crippen LogP contribution in [-0.2, 0) is 0 Å². The van der Waals surface area contributed by atoms with Gasteiger partial charge in [-0.2, -0.15) is 0 Å². The van der Waals surface area contributed by atoms with E-state index in [2.05, 4.69) is 204 Å². The summed E-state index contributed by atoms with van der Waals surface area (Å²) in [4.78, 5) is 4.71.